The third kappa shape index (κ3) is 3.26. The topological polar surface area (TPSA) is 54.9 Å². The van der Waals surface area contributed by atoms with E-state index in [1.165, 1.54) is 19.3 Å². The summed E-state index contributed by atoms with van der Waals surface area (Å²) in [5.41, 5.74) is 0.201. The Morgan fingerprint density at radius 2 is 2.00 bits per heavy atom. The summed E-state index contributed by atoms with van der Waals surface area (Å²) >= 11 is 0. The fraction of sp³-hybridized carbons (Fsp3) is 0.941. The summed E-state index contributed by atoms with van der Waals surface area (Å²) in [5, 5.41) is 5.47. The van der Waals surface area contributed by atoms with Gasteiger partial charge in [0.2, 0.25) is 0 Å². The van der Waals surface area contributed by atoms with Crippen molar-refractivity contribution in [3.63, 3.8) is 0 Å². The third-order valence-electron chi connectivity index (χ3n) is 6.24. The maximum atomic E-state index is 12.3. The van der Waals surface area contributed by atoms with Gasteiger partial charge < -0.3 is 15.4 Å². The molecule has 4 heteroatoms. The van der Waals surface area contributed by atoms with E-state index in [1.807, 2.05) is 6.92 Å². The highest BCUT2D eigenvalue weighted by Gasteiger charge is 2.60. The standard InChI is InChI=1S/C17H32N2O2/c1-5-21-10-6-9-18-12-15(20)19-17(4)14-8-7-13(11-14)16(17,2)3/h13-14,18H,5-12H2,1-4H3,(H,19,20)/p+1/t13-,14-,17+/m0/s1. The fourth-order valence-electron chi connectivity index (χ4n) is 4.42. The first kappa shape index (κ1) is 16.8. The van der Waals surface area contributed by atoms with Crippen LogP contribution in [0.1, 0.15) is 53.4 Å². The van der Waals surface area contributed by atoms with Crippen molar-refractivity contribution in [3.05, 3.63) is 0 Å². The van der Waals surface area contributed by atoms with Gasteiger partial charge in [0.15, 0.2) is 6.54 Å². The SMILES string of the molecule is CCOCCC[NH2+]CC(=O)N[C@]1(C)[C@H]2CC[C@@H](C2)C1(C)C. The zero-order valence-electron chi connectivity index (χ0n) is 14.2. The molecule has 2 saturated carbocycles. The van der Waals surface area contributed by atoms with Crippen LogP contribution in [0.25, 0.3) is 0 Å². The number of hydrogen-bond donors (Lipinski definition) is 2. The molecule has 0 aromatic rings. The van der Waals surface area contributed by atoms with Crippen LogP contribution in [0.5, 0.6) is 0 Å². The Labute approximate surface area is 129 Å². The molecule has 0 aromatic carbocycles. The number of quaternary nitrogens is 1. The first-order valence-electron chi connectivity index (χ1n) is 8.62. The smallest absolute Gasteiger partial charge is 0.275 e. The number of nitrogens with one attached hydrogen (secondary N) is 1. The van der Waals surface area contributed by atoms with Crippen molar-refractivity contribution in [2.24, 2.45) is 17.3 Å². The molecule has 0 aliphatic heterocycles. The third-order valence-corrected chi connectivity index (χ3v) is 6.24. The number of ether oxygens (including phenoxy) is 1. The first-order valence-corrected chi connectivity index (χ1v) is 8.62. The lowest BCUT2D eigenvalue weighted by atomic mass is 9.64. The Morgan fingerprint density at radius 3 is 2.62 bits per heavy atom. The lowest BCUT2D eigenvalue weighted by Gasteiger charge is -2.48. The second kappa shape index (κ2) is 6.66. The van der Waals surface area contributed by atoms with E-state index < -0.39 is 0 Å². The quantitative estimate of drug-likeness (QED) is 0.664. The van der Waals surface area contributed by atoms with Crippen LogP contribution in [0, 0.1) is 17.3 Å². The van der Waals surface area contributed by atoms with E-state index in [-0.39, 0.29) is 16.9 Å². The summed E-state index contributed by atoms with van der Waals surface area (Å²) in [6, 6.07) is 0. The number of rotatable bonds is 8. The molecule has 2 bridgehead atoms. The molecule has 0 aromatic heterocycles. The minimum absolute atomic E-state index is 0.0217. The van der Waals surface area contributed by atoms with E-state index in [4.69, 9.17) is 4.74 Å². The Balaban J connectivity index is 1.75. The molecule has 4 nitrogen and oxygen atoms in total. The lowest BCUT2D eigenvalue weighted by Crippen LogP contribution is -2.87. The molecule has 0 saturated heterocycles. The van der Waals surface area contributed by atoms with Gasteiger partial charge in [0.25, 0.3) is 5.91 Å². The van der Waals surface area contributed by atoms with Crippen LogP contribution in [0.2, 0.25) is 0 Å². The van der Waals surface area contributed by atoms with Crippen molar-refractivity contribution < 1.29 is 14.8 Å². The van der Waals surface area contributed by atoms with Gasteiger partial charge in [-0.25, -0.2) is 0 Å². The first-order chi connectivity index (χ1) is 9.91. The van der Waals surface area contributed by atoms with Gasteiger partial charge in [0.1, 0.15) is 0 Å². The molecule has 3 atom stereocenters. The number of carbonyl (C=O) groups excluding carboxylic acids is 1. The average Bonchev–Trinajstić information content (AvgIpc) is 2.97. The van der Waals surface area contributed by atoms with Crippen molar-refractivity contribution in [2.45, 2.75) is 58.9 Å². The highest BCUT2D eigenvalue weighted by Crippen LogP contribution is 2.61. The average molecular weight is 297 g/mol. The normalized spacial score (nSPS) is 33.3. The highest BCUT2D eigenvalue weighted by atomic mass is 16.5. The number of hydrogen-bond acceptors (Lipinski definition) is 2. The minimum Gasteiger partial charge on any atom is -0.382 e. The second-order valence-corrected chi connectivity index (χ2v) is 7.51. The van der Waals surface area contributed by atoms with Crippen LogP contribution >= 0.6 is 0 Å². The van der Waals surface area contributed by atoms with Gasteiger partial charge in [-0.1, -0.05) is 13.8 Å². The molecule has 21 heavy (non-hydrogen) atoms. The predicted molar refractivity (Wildman–Crippen MR) is 83.9 cm³/mol. The van der Waals surface area contributed by atoms with Crippen LogP contribution in [0.3, 0.4) is 0 Å². The van der Waals surface area contributed by atoms with Crippen LogP contribution in [0.15, 0.2) is 0 Å². The molecular weight excluding hydrogens is 264 g/mol. The molecule has 2 aliphatic rings. The molecule has 0 heterocycles. The summed E-state index contributed by atoms with van der Waals surface area (Å²) in [6.07, 6.45) is 4.92. The zero-order valence-corrected chi connectivity index (χ0v) is 14.2. The monoisotopic (exact) mass is 297 g/mol. The van der Waals surface area contributed by atoms with Gasteiger partial charge >= 0.3 is 0 Å². The van der Waals surface area contributed by atoms with Crippen molar-refractivity contribution >= 4 is 5.91 Å². The Hall–Kier alpha value is -0.610. The summed E-state index contributed by atoms with van der Waals surface area (Å²) in [6.45, 7) is 12.0. The molecule has 3 N–H and O–H groups in total. The second-order valence-electron chi connectivity index (χ2n) is 7.51. The van der Waals surface area contributed by atoms with E-state index >= 15 is 0 Å². The van der Waals surface area contributed by atoms with Gasteiger partial charge in [0, 0.05) is 18.6 Å². The van der Waals surface area contributed by atoms with E-state index in [0.717, 1.165) is 32.1 Å². The maximum Gasteiger partial charge on any atom is 0.275 e. The number of amides is 1. The van der Waals surface area contributed by atoms with Gasteiger partial charge in [0.05, 0.1) is 13.2 Å². The van der Waals surface area contributed by atoms with Crippen LogP contribution < -0.4 is 10.6 Å². The molecule has 2 fully saturated rings. The largest absolute Gasteiger partial charge is 0.382 e. The summed E-state index contributed by atoms with van der Waals surface area (Å²) in [7, 11) is 0. The van der Waals surface area contributed by atoms with E-state index in [0.29, 0.717) is 12.5 Å². The summed E-state index contributed by atoms with van der Waals surface area (Å²) in [4.78, 5) is 12.3. The molecule has 0 unspecified atom stereocenters. The zero-order chi connectivity index (χ0) is 15.5. The molecule has 122 valence electrons. The minimum atomic E-state index is -0.0217. The van der Waals surface area contributed by atoms with Crippen molar-refractivity contribution in [2.75, 3.05) is 26.3 Å². The Bertz CT molecular complexity index is 370. The molecule has 1 amide bonds. The Kier molecular flexibility index (Phi) is 5.31. The molecule has 2 aliphatic carbocycles. The number of carbonyl (C=O) groups is 1. The van der Waals surface area contributed by atoms with Crippen LogP contribution in [0.4, 0.5) is 0 Å². The summed E-state index contributed by atoms with van der Waals surface area (Å²) < 4.78 is 5.30. The molecular formula is C17H33N2O2+. The van der Waals surface area contributed by atoms with E-state index in [9.17, 15) is 4.79 Å². The van der Waals surface area contributed by atoms with Crippen molar-refractivity contribution in [1.29, 1.82) is 0 Å². The highest BCUT2D eigenvalue weighted by molar-refractivity contribution is 5.77. The summed E-state index contributed by atoms with van der Waals surface area (Å²) in [5.74, 6) is 1.64. The molecule has 2 rings (SSSR count). The predicted octanol–water partition coefficient (Wildman–Crippen LogP) is 1.31. The van der Waals surface area contributed by atoms with E-state index in [1.54, 1.807) is 0 Å². The van der Waals surface area contributed by atoms with Gasteiger partial charge in [-0.2, -0.15) is 0 Å². The maximum absolute atomic E-state index is 12.3. The number of nitrogens with two attached hydrogens (primary N) is 1. The lowest BCUT2D eigenvalue weighted by molar-refractivity contribution is -0.644. The number of fused-ring (bicyclic) bond motifs is 2. The van der Waals surface area contributed by atoms with Crippen LogP contribution in [-0.4, -0.2) is 37.7 Å². The Morgan fingerprint density at radius 1 is 1.29 bits per heavy atom. The molecule has 0 spiro atoms. The van der Waals surface area contributed by atoms with E-state index in [2.05, 4.69) is 31.4 Å². The molecule has 0 radical (unpaired) electrons. The fourth-order valence-corrected chi connectivity index (χ4v) is 4.42. The van der Waals surface area contributed by atoms with Gasteiger partial charge in [-0.05, 0) is 50.4 Å². The van der Waals surface area contributed by atoms with Crippen molar-refractivity contribution in [1.82, 2.24) is 5.32 Å². The van der Waals surface area contributed by atoms with Gasteiger partial charge in [-0.15, -0.1) is 0 Å². The van der Waals surface area contributed by atoms with Crippen molar-refractivity contribution in [3.8, 4) is 0 Å². The van der Waals surface area contributed by atoms with Gasteiger partial charge in [-0.3, -0.25) is 4.79 Å². The van der Waals surface area contributed by atoms with Crippen LogP contribution in [-0.2, 0) is 9.53 Å².